The largest absolute Gasteiger partial charge is 0.339 e. The maximum atomic E-state index is 5.93. The monoisotopic (exact) mass is 269 g/mol. The summed E-state index contributed by atoms with van der Waals surface area (Å²) < 4.78 is 5.34. The predicted molar refractivity (Wildman–Crippen MR) is 74.5 cm³/mol. The van der Waals surface area contributed by atoms with Gasteiger partial charge in [0.25, 0.3) is 0 Å². The van der Waals surface area contributed by atoms with Crippen LogP contribution in [0, 0.1) is 0 Å². The molecule has 0 aliphatic heterocycles. The lowest BCUT2D eigenvalue weighted by molar-refractivity contribution is 0.331. The zero-order valence-corrected chi connectivity index (χ0v) is 12.1. The summed E-state index contributed by atoms with van der Waals surface area (Å²) in [6, 6.07) is 0.0609. The average Bonchev–Trinajstić information content (AvgIpc) is 2.97. The van der Waals surface area contributed by atoms with Crippen LogP contribution in [0.3, 0.4) is 0 Å². The van der Waals surface area contributed by atoms with E-state index in [1.165, 1.54) is 25.7 Å². The van der Waals surface area contributed by atoms with Crippen molar-refractivity contribution in [2.75, 3.05) is 0 Å². The maximum absolute atomic E-state index is 5.93. The quantitative estimate of drug-likeness (QED) is 0.859. The van der Waals surface area contributed by atoms with E-state index in [4.69, 9.17) is 10.3 Å². The summed E-state index contributed by atoms with van der Waals surface area (Å²) in [6.07, 6.45) is 6.37. The smallest absolute Gasteiger partial charge is 0.231 e. The molecule has 1 aliphatic carbocycles. The number of aromatic nitrogens is 2. The molecular weight excluding hydrogens is 246 g/mol. The first-order valence-corrected chi connectivity index (χ1v) is 7.95. The van der Waals surface area contributed by atoms with Crippen LogP contribution in [0.1, 0.15) is 63.6 Å². The second kappa shape index (κ2) is 6.57. The van der Waals surface area contributed by atoms with Crippen molar-refractivity contribution in [3.8, 4) is 0 Å². The van der Waals surface area contributed by atoms with Gasteiger partial charge in [0, 0.05) is 11.3 Å². The van der Waals surface area contributed by atoms with Gasteiger partial charge in [-0.1, -0.05) is 24.9 Å². The van der Waals surface area contributed by atoms with Crippen molar-refractivity contribution in [2.45, 2.75) is 68.9 Å². The van der Waals surface area contributed by atoms with Gasteiger partial charge in [0.15, 0.2) is 5.82 Å². The lowest BCUT2D eigenvalue weighted by Crippen LogP contribution is -2.24. The first-order chi connectivity index (χ1) is 8.70. The standard InChI is InChI=1S/C13H23N3OS/c1-3-11(9(2)14)13-15-12(16-17-13)8-18-10-6-4-5-7-10/h9-11H,3-8,14H2,1-2H3. The zero-order valence-electron chi connectivity index (χ0n) is 11.3. The fourth-order valence-corrected chi connectivity index (χ4v) is 3.66. The normalized spacial score (nSPS) is 20.2. The highest BCUT2D eigenvalue weighted by molar-refractivity contribution is 7.99. The highest BCUT2D eigenvalue weighted by atomic mass is 32.2. The molecule has 102 valence electrons. The van der Waals surface area contributed by atoms with E-state index in [1.807, 2.05) is 18.7 Å². The minimum Gasteiger partial charge on any atom is -0.339 e. The molecule has 2 rings (SSSR count). The van der Waals surface area contributed by atoms with Gasteiger partial charge in [-0.05, 0) is 26.2 Å². The second-order valence-corrected chi connectivity index (χ2v) is 6.43. The van der Waals surface area contributed by atoms with E-state index in [-0.39, 0.29) is 12.0 Å². The van der Waals surface area contributed by atoms with Crippen LogP contribution in [0.25, 0.3) is 0 Å². The Morgan fingerprint density at radius 3 is 2.78 bits per heavy atom. The van der Waals surface area contributed by atoms with Crippen LogP contribution in [0.5, 0.6) is 0 Å². The molecule has 1 heterocycles. The van der Waals surface area contributed by atoms with E-state index in [0.29, 0.717) is 5.89 Å². The summed E-state index contributed by atoms with van der Waals surface area (Å²) in [7, 11) is 0. The van der Waals surface area contributed by atoms with Gasteiger partial charge in [0.2, 0.25) is 5.89 Å². The summed E-state index contributed by atoms with van der Waals surface area (Å²) >= 11 is 1.96. The minimum absolute atomic E-state index is 0.0609. The summed E-state index contributed by atoms with van der Waals surface area (Å²) in [4.78, 5) is 4.49. The van der Waals surface area contributed by atoms with Gasteiger partial charge in [-0.2, -0.15) is 16.7 Å². The predicted octanol–water partition coefficient (Wildman–Crippen LogP) is 3.09. The van der Waals surface area contributed by atoms with Crippen LogP contribution >= 0.6 is 11.8 Å². The number of hydrogen-bond donors (Lipinski definition) is 1. The molecule has 1 aromatic heterocycles. The van der Waals surface area contributed by atoms with Gasteiger partial charge < -0.3 is 10.3 Å². The maximum Gasteiger partial charge on any atom is 0.231 e. The first-order valence-electron chi connectivity index (χ1n) is 6.90. The Morgan fingerprint density at radius 2 is 2.17 bits per heavy atom. The minimum atomic E-state index is 0.0609. The molecule has 18 heavy (non-hydrogen) atoms. The van der Waals surface area contributed by atoms with Crippen molar-refractivity contribution < 1.29 is 4.52 Å². The van der Waals surface area contributed by atoms with Gasteiger partial charge in [0.1, 0.15) is 0 Å². The molecule has 2 N–H and O–H groups in total. The third-order valence-corrected chi connectivity index (χ3v) is 4.99. The lowest BCUT2D eigenvalue weighted by Gasteiger charge is -2.13. The van der Waals surface area contributed by atoms with Gasteiger partial charge in [-0.3, -0.25) is 0 Å². The number of nitrogens with zero attached hydrogens (tertiary/aromatic N) is 2. The molecule has 2 unspecified atom stereocenters. The Labute approximate surface area is 113 Å². The van der Waals surface area contributed by atoms with Crippen molar-refractivity contribution in [3.05, 3.63) is 11.7 Å². The first kappa shape index (κ1) is 13.9. The molecule has 1 aromatic rings. The zero-order chi connectivity index (χ0) is 13.0. The third kappa shape index (κ3) is 3.48. The summed E-state index contributed by atoms with van der Waals surface area (Å²) in [6.45, 7) is 4.09. The van der Waals surface area contributed by atoms with Crippen molar-refractivity contribution in [1.29, 1.82) is 0 Å². The van der Waals surface area contributed by atoms with Crippen LogP contribution in [-0.4, -0.2) is 21.4 Å². The average molecular weight is 269 g/mol. The molecule has 5 heteroatoms. The second-order valence-electron chi connectivity index (χ2n) is 5.14. The molecule has 2 atom stereocenters. The van der Waals surface area contributed by atoms with Crippen LogP contribution in [0.2, 0.25) is 0 Å². The van der Waals surface area contributed by atoms with E-state index in [1.54, 1.807) is 0 Å². The van der Waals surface area contributed by atoms with Crippen molar-refractivity contribution in [1.82, 2.24) is 10.1 Å². The van der Waals surface area contributed by atoms with Crippen molar-refractivity contribution in [3.63, 3.8) is 0 Å². The highest BCUT2D eigenvalue weighted by Crippen LogP contribution is 2.31. The summed E-state index contributed by atoms with van der Waals surface area (Å²) in [5.74, 6) is 2.57. The molecule has 0 radical (unpaired) electrons. The van der Waals surface area contributed by atoms with Gasteiger partial charge in [0.05, 0.1) is 11.7 Å². The molecule has 0 saturated heterocycles. The topological polar surface area (TPSA) is 64.9 Å². The number of rotatable bonds is 6. The Kier molecular flexibility index (Phi) is 5.06. The van der Waals surface area contributed by atoms with Gasteiger partial charge in [-0.25, -0.2) is 0 Å². The Bertz CT molecular complexity index is 361. The molecule has 0 aromatic carbocycles. The van der Waals surface area contributed by atoms with E-state index in [0.717, 1.165) is 23.2 Å². The molecule has 0 bridgehead atoms. The van der Waals surface area contributed by atoms with E-state index in [2.05, 4.69) is 17.1 Å². The van der Waals surface area contributed by atoms with Crippen LogP contribution in [0.4, 0.5) is 0 Å². The van der Waals surface area contributed by atoms with E-state index < -0.39 is 0 Å². The van der Waals surface area contributed by atoms with Crippen molar-refractivity contribution in [2.24, 2.45) is 5.73 Å². The summed E-state index contributed by atoms with van der Waals surface area (Å²) in [5.41, 5.74) is 5.93. The van der Waals surface area contributed by atoms with Gasteiger partial charge in [-0.15, -0.1) is 0 Å². The molecule has 1 aliphatic rings. The molecular formula is C13H23N3OS. The third-order valence-electron chi connectivity index (χ3n) is 3.63. The van der Waals surface area contributed by atoms with E-state index in [9.17, 15) is 0 Å². The Balaban J connectivity index is 1.88. The number of hydrogen-bond acceptors (Lipinski definition) is 5. The molecule has 1 saturated carbocycles. The van der Waals surface area contributed by atoms with Crippen molar-refractivity contribution >= 4 is 11.8 Å². The van der Waals surface area contributed by atoms with Crippen LogP contribution in [0.15, 0.2) is 4.52 Å². The SMILES string of the molecule is CCC(c1nc(CSC2CCCC2)no1)C(C)N. The van der Waals surface area contributed by atoms with Crippen LogP contribution in [-0.2, 0) is 5.75 Å². The van der Waals surface area contributed by atoms with Crippen LogP contribution < -0.4 is 5.73 Å². The number of thioether (sulfide) groups is 1. The Hall–Kier alpha value is -0.550. The molecule has 4 nitrogen and oxygen atoms in total. The van der Waals surface area contributed by atoms with Gasteiger partial charge >= 0.3 is 0 Å². The molecule has 0 amide bonds. The molecule has 0 spiro atoms. The summed E-state index contributed by atoms with van der Waals surface area (Å²) in [5, 5.41) is 4.86. The fourth-order valence-electron chi connectivity index (χ4n) is 2.50. The highest BCUT2D eigenvalue weighted by Gasteiger charge is 2.22. The fraction of sp³-hybridized carbons (Fsp3) is 0.846. The number of nitrogens with two attached hydrogens (primary N) is 1. The lowest BCUT2D eigenvalue weighted by atomic mass is 9.99. The Morgan fingerprint density at radius 1 is 1.44 bits per heavy atom. The molecule has 1 fully saturated rings. The van der Waals surface area contributed by atoms with E-state index >= 15 is 0 Å².